The number of aliphatic carboxylic acids is 1. The van der Waals surface area contributed by atoms with Crippen LogP contribution in [0, 0.1) is 5.92 Å². The van der Waals surface area contributed by atoms with Gasteiger partial charge in [0.05, 0.1) is 6.42 Å². The maximum absolute atomic E-state index is 11.0. The van der Waals surface area contributed by atoms with Gasteiger partial charge in [0, 0.05) is 0 Å². The van der Waals surface area contributed by atoms with Gasteiger partial charge in [-0.15, -0.1) is 0 Å². The van der Waals surface area contributed by atoms with Crippen LogP contribution in [0.4, 0.5) is 0 Å². The second-order valence-corrected chi connectivity index (χ2v) is 5.01. The fourth-order valence-electron chi connectivity index (χ4n) is 2.73. The van der Waals surface area contributed by atoms with Crippen LogP contribution in [-0.4, -0.2) is 17.9 Å². The first-order valence-electron chi connectivity index (χ1n) is 6.35. The zero-order valence-corrected chi connectivity index (χ0v) is 10.1. The molecule has 0 radical (unpaired) electrons. The van der Waals surface area contributed by atoms with Gasteiger partial charge in [-0.25, -0.2) is 0 Å². The number of fused-ring (bicyclic) bond motifs is 1. The number of benzene rings is 1. The predicted octanol–water partition coefficient (Wildman–Crippen LogP) is 2.77. The zero-order valence-electron chi connectivity index (χ0n) is 10.1. The lowest BCUT2D eigenvalue weighted by Crippen LogP contribution is -2.22. The van der Waals surface area contributed by atoms with Crippen molar-refractivity contribution in [2.24, 2.45) is 5.92 Å². The van der Waals surface area contributed by atoms with Gasteiger partial charge in [-0.1, -0.05) is 12.5 Å². The molecular weight excluding hydrogens is 232 g/mol. The average molecular weight is 248 g/mol. The Labute approximate surface area is 106 Å². The van der Waals surface area contributed by atoms with E-state index in [1.807, 2.05) is 18.2 Å². The molecule has 18 heavy (non-hydrogen) atoms. The van der Waals surface area contributed by atoms with Crippen molar-refractivity contribution >= 4 is 5.97 Å². The number of hydrogen-bond acceptors (Lipinski definition) is 3. The summed E-state index contributed by atoms with van der Waals surface area (Å²) in [4.78, 5) is 11.0. The van der Waals surface area contributed by atoms with E-state index in [2.05, 4.69) is 0 Å². The van der Waals surface area contributed by atoms with Crippen molar-refractivity contribution in [3.63, 3.8) is 0 Å². The molecule has 0 spiro atoms. The largest absolute Gasteiger partial charge is 0.481 e. The Morgan fingerprint density at radius 3 is 2.78 bits per heavy atom. The number of carboxylic acids is 1. The Balaban J connectivity index is 1.86. The Morgan fingerprint density at radius 1 is 1.33 bits per heavy atom. The third-order valence-electron chi connectivity index (χ3n) is 3.94. The van der Waals surface area contributed by atoms with Gasteiger partial charge in [0.2, 0.25) is 6.79 Å². The lowest BCUT2D eigenvalue weighted by Gasteiger charge is -2.33. The van der Waals surface area contributed by atoms with Crippen LogP contribution >= 0.6 is 0 Å². The van der Waals surface area contributed by atoms with E-state index in [1.54, 1.807) is 0 Å². The van der Waals surface area contributed by atoms with Crippen LogP contribution in [0.15, 0.2) is 18.2 Å². The van der Waals surface area contributed by atoms with Gasteiger partial charge in [-0.2, -0.15) is 0 Å². The highest BCUT2D eigenvalue weighted by molar-refractivity contribution is 5.68. The van der Waals surface area contributed by atoms with Crippen molar-refractivity contribution in [2.75, 3.05) is 6.79 Å². The molecule has 4 nitrogen and oxygen atoms in total. The molecule has 1 saturated carbocycles. The standard InChI is InChI=1S/C14H16O4/c15-14(16)7-11(9-2-1-3-9)10-4-5-12-13(6-10)18-8-17-12/h4-6,9,11H,1-3,7-8H2,(H,15,16). The summed E-state index contributed by atoms with van der Waals surface area (Å²) in [5.74, 6) is 1.36. The van der Waals surface area contributed by atoms with Gasteiger partial charge in [0.25, 0.3) is 0 Å². The quantitative estimate of drug-likeness (QED) is 0.890. The van der Waals surface area contributed by atoms with Gasteiger partial charge in [-0.05, 0) is 42.4 Å². The molecule has 0 aromatic heterocycles. The third-order valence-corrected chi connectivity index (χ3v) is 3.94. The SMILES string of the molecule is O=C(O)CC(c1ccc2c(c1)OCO2)C1CCC1. The summed E-state index contributed by atoms with van der Waals surface area (Å²) in [6, 6.07) is 5.79. The van der Waals surface area contributed by atoms with Crippen LogP contribution in [0.1, 0.15) is 37.2 Å². The van der Waals surface area contributed by atoms with E-state index >= 15 is 0 Å². The van der Waals surface area contributed by atoms with Crippen LogP contribution in [-0.2, 0) is 4.79 Å². The highest BCUT2D eigenvalue weighted by atomic mass is 16.7. The number of carboxylic acid groups (broad SMARTS) is 1. The number of ether oxygens (including phenoxy) is 2. The van der Waals surface area contributed by atoms with Crippen molar-refractivity contribution in [3.05, 3.63) is 23.8 Å². The Hall–Kier alpha value is -1.71. The summed E-state index contributed by atoms with van der Waals surface area (Å²) < 4.78 is 10.6. The number of rotatable bonds is 4. The van der Waals surface area contributed by atoms with Gasteiger partial charge in [0.15, 0.2) is 11.5 Å². The number of hydrogen-bond donors (Lipinski definition) is 1. The Kier molecular flexibility index (Phi) is 2.86. The number of carbonyl (C=O) groups is 1. The van der Waals surface area contributed by atoms with E-state index in [1.165, 1.54) is 6.42 Å². The molecule has 1 aliphatic heterocycles. The molecule has 0 saturated heterocycles. The van der Waals surface area contributed by atoms with Crippen molar-refractivity contribution in [1.29, 1.82) is 0 Å². The highest BCUT2D eigenvalue weighted by Crippen LogP contribution is 2.43. The summed E-state index contributed by atoms with van der Waals surface area (Å²) in [5, 5.41) is 9.05. The van der Waals surface area contributed by atoms with E-state index in [4.69, 9.17) is 14.6 Å². The van der Waals surface area contributed by atoms with Crippen LogP contribution in [0.5, 0.6) is 11.5 Å². The third kappa shape index (κ3) is 2.03. The van der Waals surface area contributed by atoms with Crippen molar-refractivity contribution in [3.8, 4) is 11.5 Å². The average Bonchev–Trinajstić information content (AvgIpc) is 2.71. The molecule has 0 amide bonds. The zero-order chi connectivity index (χ0) is 12.5. The maximum atomic E-state index is 11.0. The fourth-order valence-corrected chi connectivity index (χ4v) is 2.73. The van der Waals surface area contributed by atoms with E-state index in [0.29, 0.717) is 5.92 Å². The minimum Gasteiger partial charge on any atom is -0.481 e. The first-order valence-corrected chi connectivity index (χ1v) is 6.35. The smallest absolute Gasteiger partial charge is 0.303 e. The summed E-state index contributed by atoms with van der Waals surface area (Å²) in [6.07, 6.45) is 3.68. The van der Waals surface area contributed by atoms with Crippen molar-refractivity contribution in [2.45, 2.75) is 31.6 Å². The fraction of sp³-hybridized carbons (Fsp3) is 0.500. The summed E-state index contributed by atoms with van der Waals surface area (Å²) in [7, 11) is 0. The van der Waals surface area contributed by atoms with Gasteiger partial charge in [-0.3, -0.25) is 4.79 Å². The van der Waals surface area contributed by atoms with E-state index in [-0.39, 0.29) is 19.1 Å². The minimum atomic E-state index is -0.732. The van der Waals surface area contributed by atoms with Gasteiger partial charge in [0.1, 0.15) is 0 Å². The molecular formula is C14H16O4. The van der Waals surface area contributed by atoms with Crippen LogP contribution in [0.3, 0.4) is 0 Å². The van der Waals surface area contributed by atoms with Gasteiger partial charge >= 0.3 is 5.97 Å². The van der Waals surface area contributed by atoms with Crippen LogP contribution in [0.2, 0.25) is 0 Å². The Morgan fingerprint density at radius 2 is 2.11 bits per heavy atom. The highest BCUT2D eigenvalue weighted by Gasteiger charge is 2.31. The molecule has 1 fully saturated rings. The molecule has 1 heterocycles. The lowest BCUT2D eigenvalue weighted by molar-refractivity contribution is -0.138. The van der Waals surface area contributed by atoms with E-state index < -0.39 is 5.97 Å². The van der Waals surface area contributed by atoms with E-state index in [9.17, 15) is 4.79 Å². The molecule has 2 aliphatic rings. The van der Waals surface area contributed by atoms with Crippen molar-refractivity contribution < 1.29 is 19.4 Å². The molecule has 96 valence electrons. The molecule has 1 unspecified atom stereocenters. The molecule has 1 N–H and O–H groups in total. The first-order chi connectivity index (χ1) is 8.74. The molecule has 1 atom stereocenters. The van der Waals surface area contributed by atoms with Gasteiger partial charge < -0.3 is 14.6 Å². The summed E-state index contributed by atoms with van der Waals surface area (Å²) in [5.41, 5.74) is 1.06. The molecule has 0 bridgehead atoms. The molecule has 1 aromatic rings. The second kappa shape index (κ2) is 4.52. The minimum absolute atomic E-state index is 0.103. The maximum Gasteiger partial charge on any atom is 0.303 e. The molecule has 1 aliphatic carbocycles. The van der Waals surface area contributed by atoms with Crippen LogP contribution in [0.25, 0.3) is 0 Å². The monoisotopic (exact) mass is 248 g/mol. The Bertz CT molecular complexity index is 465. The summed E-state index contributed by atoms with van der Waals surface area (Å²) in [6.45, 7) is 0.256. The topological polar surface area (TPSA) is 55.8 Å². The molecule has 1 aromatic carbocycles. The first kappa shape index (κ1) is 11.4. The van der Waals surface area contributed by atoms with E-state index in [0.717, 1.165) is 29.9 Å². The molecule has 3 rings (SSSR count). The van der Waals surface area contributed by atoms with Crippen molar-refractivity contribution in [1.82, 2.24) is 0 Å². The summed E-state index contributed by atoms with van der Waals surface area (Å²) >= 11 is 0. The van der Waals surface area contributed by atoms with Crippen LogP contribution < -0.4 is 9.47 Å². The predicted molar refractivity (Wildman–Crippen MR) is 64.9 cm³/mol. The molecule has 4 heteroatoms. The second-order valence-electron chi connectivity index (χ2n) is 5.01. The lowest BCUT2D eigenvalue weighted by atomic mass is 9.71. The normalized spacial score (nSPS) is 19.3.